The highest BCUT2D eigenvalue weighted by Crippen LogP contribution is 2.26. The van der Waals surface area contributed by atoms with Gasteiger partial charge in [0.05, 0.1) is 0 Å². The molecule has 0 aromatic heterocycles. The molecule has 0 radical (unpaired) electrons. The van der Waals surface area contributed by atoms with Crippen LogP contribution in [0.25, 0.3) is 43.1 Å². The number of benzene rings is 8. The van der Waals surface area contributed by atoms with Gasteiger partial charge in [-0.05, 0) is 139 Å². The maximum atomic E-state index is 2.41. The van der Waals surface area contributed by atoms with Gasteiger partial charge in [-0.3, -0.25) is 0 Å². The second-order valence-electron chi connectivity index (χ2n) is 14.1. The average molecular weight is 617 g/mol. The van der Waals surface area contributed by atoms with Gasteiger partial charge < -0.3 is 0 Å². The molecule has 0 heterocycles. The highest BCUT2D eigenvalue weighted by atomic mass is 14.1. The van der Waals surface area contributed by atoms with Crippen molar-refractivity contribution < 1.29 is 0 Å². The van der Waals surface area contributed by atoms with Crippen LogP contribution in [0.15, 0.2) is 146 Å². The SMILES string of the molecule is c1cc2ccc3cc2cc1CCc1ccc2ccc(cc2c1)CCc1ccc2ccc(cc2c1)CCc1ccc2ccc(cc2c1)CC3. The first kappa shape index (κ1) is 29.0. The summed E-state index contributed by atoms with van der Waals surface area (Å²) >= 11 is 0. The number of hydrogen-bond donors (Lipinski definition) is 0. The van der Waals surface area contributed by atoms with Crippen molar-refractivity contribution in [3.05, 3.63) is 190 Å². The fourth-order valence-electron chi connectivity index (χ4n) is 7.78. The van der Waals surface area contributed by atoms with Gasteiger partial charge in [0.25, 0.3) is 0 Å². The number of rotatable bonds is 0. The smallest absolute Gasteiger partial charge is 0.0179 e. The minimum absolute atomic E-state index is 1.05. The molecule has 48 heavy (non-hydrogen) atoms. The van der Waals surface area contributed by atoms with E-state index in [0.29, 0.717) is 0 Å². The molecule has 12 bridgehead atoms. The quantitative estimate of drug-likeness (QED) is 0.159. The van der Waals surface area contributed by atoms with Crippen molar-refractivity contribution in [1.29, 1.82) is 0 Å². The fraction of sp³-hybridized carbons (Fsp3) is 0.167. The molecule has 8 aromatic rings. The molecule has 232 valence electrons. The van der Waals surface area contributed by atoms with Gasteiger partial charge >= 0.3 is 0 Å². The molecule has 0 spiro atoms. The summed E-state index contributed by atoms with van der Waals surface area (Å²) in [5.41, 5.74) is 11.3. The molecule has 0 unspecified atom stereocenters. The third kappa shape index (κ3) is 6.12. The monoisotopic (exact) mass is 616 g/mol. The van der Waals surface area contributed by atoms with E-state index in [0.717, 1.165) is 51.4 Å². The van der Waals surface area contributed by atoms with Crippen LogP contribution >= 0.6 is 0 Å². The average Bonchev–Trinajstić information content (AvgIpc) is 3.13. The van der Waals surface area contributed by atoms with Crippen molar-refractivity contribution in [3.8, 4) is 0 Å². The van der Waals surface area contributed by atoms with E-state index in [4.69, 9.17) is 0 Å². The summed E-state index contributed by atoms with van der Waals surface area (Å²) in [6, 6.07) is 56.3. The number of aryl methyl sites for hydroxylation is 8. The van der Waals surface area contributed by atoms with Gasteiger partial charge in [0.2, 0.25) is 0 Å². The lowest BCUT2D eigenvalue weighted by Gasteiger charge is -2.10. The van der Waals surface area contributed by atoms with E-state index in [2.05, 4.69) is 146 Å². The largest absolute Gasteiger partial charge is 0.0584 e. The first-order valence-electron chi connectivity index (χ1n) is 17.7. The minimum atomic E-state index is 1.05. The van der Waals surface area contributed by atoms with Gasteiger partial charge in [-0.2, -0.15) is 0 Å². The highest BCUT2D eigenvalue weighted by Gasteiger charge is 2.07. The van der Waals surface area contributed by atoms with E-state index in [1.807, 2.05) is 0 Å². The molecule has 0 nitrogen and oxygen atoms in total. The van der Waals surface area contributed by atoms with Crippen molar-refractivity contribution in [2.24, 2.45) is 0 Å². The van der Waals surface area contributed by atoms with Gasteiger partial charge in [0, 0.05) is 0 Å². The van der Waals surface area contributed by atoms with Crippen LogP contribution in [0.1, 0.15) is 44.5 Å². The number of fused-ring (bicyclic) bond motifs is 8. The second-order valence-corrected chi connectivity index (χ2v) is 14.1. The molecule has 0 aliphatic heterocycles. The number of hydrogen-bond acceptors (Lipinski definition) is 0. The lowest BCUT2D eigenvalue weighted by Crippen LogP contribution is -1.95. The molecule has 0 saturated heterocycles. The van der Waals surface area contributed by atoms with E-state index in [1.165, 1.54) is 87.6 Å². The van der Waals surface area contributed by atoms with E-state index in [9.17, 15) is 0 Å². The third-order valence-electron chi connectivity index (χ3n) is 10.7. The van der Waals surface area contributed by atoms with Crippen LogP contribution in [0.2, 0.25) is 0 Å². The Labute approximate surface area is 283 Å². The maximum absolute atomic E-state index is 2.41. The van der Waals surface area contributed by atoms with Crippen LogP contribution < -0.4 is 0 Å². The molecule has 1 aliphatic carbocycles. The van der Waals surface area contributed by atoms with Crippen LogP contribution in [-0.4, -0.2) is 0 Å². The normalized spacial score (nSPS) is 14.0. The summed E-state index contributed by atoms with van der Waals surface area (Å²) in [6.07, 6.45) is 8.40. The Hall–Kier alpha value is -5.20. The van der Waals surface area contributed by atoms with Crippen LogP contribution in [-0.2, 0) is 51.4 Å². The van der Waals surface area contributed by atoms with Gasteiger partial charge in [0.1, 0.15) is 0 Å². The van der Waals surface area contributed by atoms with Gasteiger partial charge in [-0.1, -0.05) is 146 Å². The highest BCUT2D eigenvalue weighted by molar-refractivity contribution is 5.86. The van der Waals surface area contributed by atoms with Crippen LogP contribution in [0.4, 0.5) is 0 Å². The van der Waals surface area contributed by atoms with Crippen LogP contribution in [0.5, 0.6) is 0 Å². The van der Waals surface area contributed by atoms with E-state index >= 15 is 0 Å². The molecule has 0 fully saturated rings. The molecule has 0 heteroatoms. The first-order valence-corrected chi connectivity index (χ1v) is 17.7. The Kier molecular flexibility index (Phi) is 7.51. The summed E-state index contributed by atoms with van der Waals surface area (Å²) in [5.74, 6) is 0. The summed E-state index contributed by atoms with van der Waals surface area (Å²) in [4.78, 5) is 0. The van der Waals surface area contributed by atoms with Crippen molar-refractivity contribution in [2.75, 3.05) is 0 Å². The zero-order chi connectivity index (χ0) is 31.9. The first-order chi connectivity index (χ1) is 23.7. The molecule has 1 aliphatic rings. The fourth-order valence-corrected chi connectivity index (χ4v) is 7.78. The Bertz CT molecular complexity index is 1960. The topological polar surface area (TPSA) is 0 Å². The molecule has 9 rings (SSSR count). The van der Waals surface area contributed by atoms with Crippen LogP contribution in [0, 0.1) is 0 Å². The third-order valence-corrected chi connectivity index (χ3v) is 10.7. The van der Waals surface area contributed by atoms with Gasteiger partial charge in [0.15, 0.2) is 0 Å². The molecular weight excluding hydrogens is 577 g/mol. The Morgan fingerprint density at radius 1 is 0.167 bits per heavy atom. The summed E-state index contributed by atoms with van der Waals surface area (Å²) in [6.45, 7) is 0. The zero-order valence-corrected chi connectivity index (χ0v) is 27.5. The van der Waals surface area contributed by atoms with E-state index in [-0.39, 0.29) is 0 Å². The van der Waals surface area contributed by atoms with E-state index in [1.54, 1.807) is 0 Å². The van der Waals surface area contributed by atoms with Crippen molar-refractivity contribution in [3.63, 3.8) is 0 Å². The summed E-state index contributed by atoms with van der Waals surface area (Å²) < 4.78 is 0. The second kappa shape index (κ2) is 12.4. The van der Waals surface area contributed by atoms with Crippen molar-refractivity contribution in [2.45, 2.75) is 51.4 Å². The molecule has 8 aromatic carbocycles. The van der Waals surface area contributed by atoms with Crippen molar-refractivity contribution >= 4 is 43.1 Å². The molecule has 0 saturated carbocycles. The minimum Gasteiger partial charge on any atom is -0.0584 e. The van der Waals surface area contributed by atoms with Gasteiger partial charge in [-0.15, -0.1) is 0 Å². The molecule has 0 atom stereocenters. The van der Waals surface area contributed by atoms with Crippen molar-refractivity contribution in [1.82, 2.24) is 0 Å². The molecular formula is C48H40. The summed E-state index contributed by atoms with van der Waals surface area (Å²) in [7, 11) is 0. The lowest BCUT2D eigenvalue weighted by molar-refractivity contribution is 0.956. The molecule has 0 N–H and O–H groups in total. The van der Waals surface area contributed by atoms with Crippen LogP contribution in [0.3, 0.4) is 0 Å². The maximum Gasteiger partial charge on any atom is -0.0179 e. The van der Waals surface area contributed by atoms with Gasteiger partial charge in [-0.25, -0.2) is 0 Å². The zero-order valence-electron chi connectivity index (χ0n) is 27.5. The standard InChI is InChI=1S/C48H40/c1-2-34-10-18-42-20-12-36(28-46(42)26-34)5-6-38-14-22-44-24-16-40(32-48(44)30-38)8-7-39-15-23-43-21-13-37(29-47(43)31-39)4-3-35-11-19-41-17-9-33(1)25-45(41)27-35/h9-32H,1-8H2. The predicted octanol–water partition coefficient (Wildman–Crippen LogP) is 11.8. The Balaban J connectivity index is 1.06. The summed E-state index contributed by atoms with van der Waals surface area (Å²) in [5, 5.41) is 10.7. The molecule has 0 amide bonds. The lowest BCUT2D eigenvalue weighted by atomic mass is 9.95. The Morgan fingerprint density at radius 2 is 0.312 bits per heavy atom. The Morgan fingerprint density at radius 3 is 0.458 bits per heavy atom. The van der Waals surface area contributed by atoms with E-state index < -0.39 is 0 Å². The predicted molar refractivity (Wildman–Crippen MR) is 205 cm³/mol.